The monoisotopic (exact) mass is 409 g/mol. The van der Waals surface area contributed by atoms with Crippen molar-refractivity contribution in [2.24, 2.45) is 0 Å². The lowest BCUT2D eigenvalue weighted by Crippen LogP contribution is -2.56. The summed E-state index contributed by atoms with van der Waals surface area (Å²) in [5.41, 5.74) is 1.39. The van der Waals surface area contributed by atoms with Crippen molar-refractivity contribution in [3.63, 3.8) is 0 Å². The fourth-order valence-corrected chi connectivity index (χ4v) is 4.91. The molecule has 2 aliphatic rings. The van der Waals surface area contributed by atoms with Crippen LogP contribution in [-0.4, -0.2) is 55.0 Å². The van der Waals surface area contributed by atoms with Crippen LogP contribution in [0.2, 0.25) is 0 Å². The van der Waals surface area contributed by atoms with Gasteiger partial charge in [-0.05, 0) is 64.0 Å². The second-order valence-corrected chi connectivity index (χ2v) is 8.89. The zero-order chi connectivity index (χ0) is 21.0. The van der Waals surface area contributed by atoms with Crippen molar-refractivity contribution >= 4 is 5.91 Å². The van der Waals surface area contributed by atoms with Crippen LogP contribution in [0.3, 0.4) is 0 Å². The molecule has 5 heteroatoms. The molecule has 1 N–H and O–H groups in total. The minimum absolute atomic E-state index is 0.110. The van der Waals surface area contributed by atoms with Gasteiger partial charge in [-0.2, -0.15) is 0 Å². The number of hydrogen-bond acceptors (Lipinski definition) is 3. The summed E-state index contributed by atoms with van der Waals surface area (Å²) in [5, 5.41) is 3.38. The third-order valence-electron chi connectivity index (χ3n) is 6.79. The molecule has 2 aliphatic heterocycles. The average molecular weight is 410 g/mol. The van der Waals surface area contributed by atoms with E-state index < -0.39 is 5.41 Å². The number of amides is 1. The summed E-state index contributed by atoms with van der Waals surface area (Å²) in [6.45, 7) is 4.15. The summed E-state index contributed by atoms with van der Waals surface area (Å²) in [6.07, 6.45) is 3.67. The lowest BCUT2D eigenvalue weighted by Gasteiger charge is -2.42. The molecule has 0 unspecified atom stereocenters. The van der Waals surface area contributed by atoms with E-state index >= 15 is 0 Å². The van der Waals surface area contributed by atoms with E-state index in [1.807, 2.05) is 30.3 Å². The first-order valence-electron chi connectivity index (χ1n) is 11.1. The Morgan fingerprint density at radius 1 is 1.07 bits per heavy atom. The highest BCUT2D eigenvalue weighted by molar-refractivity contribution is 5.88. The topological polar surface area (TPSA) is 35.6 Å². The number of carbonyl (C=O) groups is 1. The predicted molar refractivity (Wildman–Crippen MR) is 118 cm³/mol. The highest BCUT2D eigenvalue weighted by Crippen LogP contribution is 2.36. The van der Waals surface area contributed by atoms with Crippen molar-refractivity contribution in [1.82, 2.24) is 15.1 Å². The minimum atomic E-state index is -0.457. The summed E-state index contributed by atoms with van der Waals surface area (Å²) >= 11 is 0. The summed E-state index contributed by atoms with van der Waals surface area (Å²) in [7, 11) is 2.12. The molecule has 2 aromatic rings. The fraction of sp³-hybridized carbons (Fsp3) is 0.480. The van der Waals surface area contributed by atoms with Crippen LogP contribution in [0.25, 0.3) is 0 Å². The molecule has 1 atom stereocenters. The lowest BCUT2D eigenvalue weighted by atomic mass is 9.72. The SMILES string of the molecule is CN1CCC(C(=O)N[C@H]2CCCN(Cc3ccccc3F)C2)(c2ccccc2)CC1. The first kappa shape index (κ1) is 21.0. The number of rotatable bonds is 5. The van der Waals surface area contributed by atoms with E-state index in [1.165, 1.54) is 6.07 Å². The van der Waals surface area contributed by atoms with Crippen molar-refractivity contribution < 1.29 is 9.18 Å². The van der Waals surface area contributed by atoms with Gasteiger partial charge in [0.1, 0.15) is 5.82 Å². The van der Waals surface area contributed by atoms with Crippen LogP contribution in [0.4, 0.5) is 4.39 Å². The Balaban J connectivity index is 1.45. The zero-order valence-electron chi connectivity index (χ0n) is 17.8. The molecule has 30 heavy (non-hydrogen) atoms. The number of nitrogens with one attached hydrogen (secondary N) is 1. The molecular formula is C25H32FN3O. The summed E-state index contributed by atoms with van der Waals surface area (Å²) in [6, 6.07) is 17.3. The molecule has 2 saturated heterocycles. The maximum absolute atomic E-state index is 14.1. The predicted octanol–water partition coefficient (Wildman–Crippen LogP) is 3.57. The third-order valence-corrected chi connectivity index (χ3v) is 6.79. The van der Waals surface area contributed by atoms with Crippen molar-refractivity contribution in [3.8, 4) is 0 Å². The van der Waals surface area contributed by atoms with E-state index in [-0.39, 0.29) is 17.8 Å². The molecular weight excluding hydrogens is 377 g/mol. The standard InChI is InChI=1S/C25H32FN3O/c1-28-16-13-25(14-17-28,21-9-3-2-4-10-21)24(30)27-22-11-7-15-29(19-22)18-20-8-5-6-12-23(20)26/h2-6,8-10,12,22H,7,11,13-19H2,1H3,(H,27,30)/t22-/m0/s1. The van der Waals surface area contributed by atoms with Crippen molar-refractivity contribution in [2.45, 2.75) is 43.7 Å². The van der Waals surface area contributed by atoms with Gasteiger partial charge in [0, 0.05) is 24.7 Å². The van der Waals surface area contributed by atoms with E-state index in [1.54, 1.807) is 6.07 Å². The molecule has 1 amide bonds. The number of benzene rings is 2. The van der Waals surface area contributed by atoms with Gasteiger partial charge in [0.2, 0.25) is 5.91 Å². The first-order valence-corrected chi connectivity index (χ1v) is 11.1. The third kappa shape index (κ3) is 4.57. The molecule has 4 rings (SSSR count). The number of halogens is 1. The van der Waals surface area contributed by atoms with Gasteiger partial charge >= 0.3 is 0 Å². The maximum atomic E-state index is 14.1. The molecule has 160 valence electrons. The number of nitrogens with zero attached hydrogens (tertiary/aromatic N) is 2. The van der Waals surface area contributed by atoms with E-state index in [0.29, 0.717) is 6.54 Å². The van der Waals surface area contributed by atoms with E-state index in [4.69, 9.17) is 0 Å². The highest BCUT2D eigenvalue weighted by Gasteiger charge is 2.43. The first-order chi connectivity index (χ1) is 14.6. The summed E-state index contributed by atoms with van der Waals surface area (Å²) < 4.78 is 14.1. The lowest BCUT2D eigenvalue weighted by molar-refractivity contribution is -0.129. The highest BCUT2D eigenvalue weighted by atomic mass is 19.1. The van der Waals surface area contributed by atoms with E-state index in [9.17, 15) is 9.18 Å². The molecule has 0 radical (unpaired) electrons. The van der Waals surface area contributed by atoms with Gasteiger partial charge in [-0.1, -0.05) is 48.5 Å². The van der Waals surface area contributed by atoms with Crippen LogP contribution >= 0.6 is 0 Å². The van der Waals surface area contributed by atoms with E-state index in [0.717, 1.165) is 63.0 Å². The van der Waals surface area contributed by atoms with Gasteiger partial charge in [-0.25, -0.2) is 4.39 Å². The van der Waals surface area contributed by atoms with Crippen molar-refractivity contribution in [2.75, 3.05) is 33.2 Å². The van der Waals surface area contributed by atoms with Crippen LogP contribution < -0.4 is 5.32 Å². The molecule has 2 aromatic carbocycles. The Bertz CT molecular complexity index is 848. The molecule has 2 heterocycles. The summed E-state index contributed by atoms with van der Waals surface area (Å²) in [4.78, 5) is 18.2. The van der Waals surface area contributed by atoms with Gasteiger partial charge in [0.05, 0.1) is 5.41 Å². The fourth-order valence-electron chi connectivity index (χ4n) is 4.91. The van der Waals surface area contributed by atoms with Gasteiger partial charge in [-0.3, -0.25) is 9.69 Å². The average Bonchev–Trinajstić information content (AvgIpc) is 2.77. The number of likely N-dealkylation sites (tertiary alicyclic amines) is 2. The van der Waals surface area contributed by atoms with Crippen LogP contribution in [0.5, 0.6) is 0 Å². The Morgan fingerprint density at radius 3 is 2.50 bits per heavy atom. The zero-order valence-corrected chi connectivity index (χ0v) is 17.8. The molecule has 0 saturated carbocycles. The quantitative estimate of drug-likeness (QED) is 0.820. The van der Waals surface area contributed by atoms with Crippen LogP contribution in [0.1, 0.15) is 36.8 Å². The second-order valence-electron chi connectivity index (χ2n) is 8.89. The second kappa shape index (κ2) is 9.27. The van der Waals surface area contributed by atoms with Crippen LogP contribution in [0, 0.1) is 5.82 Å². The van der Waals surface area contributed by atoms with Gasteiger partial charge in [0.25, 0.3) is 0 Å². The summed E-state index contributed by atoms with van der Waals surface area (Å²) in [5.74, 6) is -0.00226. The largest absolute Gasteiger partial charge is 0.351 e. The van der Waals surface area contributed by atoms with E-state index in [2.05, 4.69) is 34.3 Å². The van der Waals surface area contributed by atoms with Gasteiger partial charge < -0.3 is 10.2 Å². The Labute approximate surface area is 179 Å². The maximum Gasteiger partial charge on any atom is 0.231 e. The number of carbonyl (C=O) groups excluding carboxylic acids is 1. The minimum Gasteiger partial charge on any atom is -0.351 e. The smallest absolute Gasteiger partial charge is 0.231 e. The molecule has 0 bridgehead atoms. The Morgan fingerprint density at radius 2 is 1.77 bits per heavy atom. The van der Waals surface area contributed by atoms with Crippen LogP contribution in [-0.2, 0) is 16.8 Å². The molecule has 0 aliphatic carbocycles. The number of piperidine rings is 2. The molecule has 0 spiro atoms. The van der Waals surface area contributed by atoms with Crippen molar-refractivity contribution in [1.29, 1.82) is 0 Å². The Kier molecular flexibility index (Phi) is 6.49. The Hall–Kier alpha value is -2.24. The van der Waals surface area contributed by atoms with Crippen molar-refractivity contribution in [3.05, 3.63) is 71.5 Å². The van der Waals surface area contributed by atoms with Crippen LogP contribution in [0.15, 0.2) is 54.6 Å². The molecule has 4 nitrogen and oxygen atoms in total. The molecule has 2 fully saturated rings. The van der Waals surface area contributed by atoms with Gasteiger partial charge in [-0.15, -0.1) is 0 Å². The molecule has 0 aromatic heterocycles. The number of hydrogen-bond donors (Lipinski definition) is 1. The van der Waals surface area contributed by atoms with Gasteiger partial charge in [0.15, 0.2) is 0 Å². The normalized spacial score (nSPS) is 22.5.